The number of methoxy groups -OCH3 is 1. The van der Waals surface area contributed by atoms with E-state index in [1.807, 2.05) is 29.8 Å². The number of aryl methyl sites for hydroxylation is 1. The molecule has 0 fully saturated rings. The Bertz CT molecular complexity index is 607. The molecule has 20 heavy (non-hydrogen) atoms. The molecular formula is C15H20ClN3O. The molecule has 4 nitrogen and oxygen atoms in total. The summed E-state index contributed by atoms with van der Waals surface area (Å²) >= 11 is 6.38. The maximum atomic E-state index is 6.42. The van der Waals surface area contributed by atoms with Crippen LogP contribution in [0.3, 0.4) is 0 Å². The molecule has 0 spiro atoms. The van der Waals surface area contributed by atoms with Gasteiger partial charge in [-0.2, -0.15) is 5.10 Å². The minimum absolute atomic E-state index is 0.198. The van der Waals surface area contributed by atoms with Gasteiger partial charge in [-0.25, -0.2) is 0 Å². The van der Waals surface area contributed by atoms with E-state index in [1.165, 1.54) is 0 Å². The van der Waals surface area contributed by atoms with Crippen molar-refractivity contribution in [2.75, 3.05) is 7.11 Å². The summed E-state index contributed by atoms with van der Waals surface area (Å²) in [7, 11) is 1.62. The Kier molecular flexibility index (Phi) is 4.35. The lowest BCUT2D eigenvalue weighted by Gasteiger charge is -2.19. The van der Waals surface area contributed by atoms with E-state index in [2.05, 4.69) is 18.9 Å². The van der Waals surface area contributed by atoms with Crippen molar-refractivity contribution >= 4 is 11.6 Å². The van der Waals surface area contributed by atoms with E-state index in [1.54, 1.807) is 13.3 Å². The fourth-order valence-corrected chi connectivity index (χ4v) is 2.52. The van der Waals surface area contributed by atoms with Crippen LogP contribution in [0.25, 0.3) is 0 Å². The van der Waals surface area contributed by atoms with Crippen LogP contribution in [-0.2, 0) is 0 Å². The zero-order valence-electron chi connectivity index (χ0n) is 12.2. The lowest BCUT2D eigenvalue weighted by Crippen LogP contribution is -2.20. The molecule has 0 saturated carbocycles. The highest BCUT2D eigenvalue weighted by atomic mass is 35.5. The number of hydrogen-bond acceptors (Lipinski definition) is 3. The van der Waals surface area contributed by atoms with Crippen molar-refractivity contribution in [3.05, 3.63) is 46.2 Å². The molecule has 2 N–H and O–H groups in total. The SMILES string of the molecule is COc1cnn(C(C)C)c1C(N)c1cccc(C)c1Cl. The average molecular weight is 294 g/mol. The highest BCUT2D eigenvalue weighted by molar-refractivity contribution is 6.32. The molecule has 1 aromatic heterocycles. The number of benzene rings is 1. The van der Waals surface area contributed by atoms with E-state index in [9.17, 15) is 0 Å². The zero-order valence-corrected chi connectivity index (χ0v) is 13.0. The number of nitrogens with two attached hydrogens (primary N) is 1. The molecule has 2 aromatic rings. The van der Waals surface area contributed by atoms with E-state index in [0.29, 0.717) is 10.8 Å². The maximum absolute atomic E-state index is 6.42. The Morgan fingerprint density at radius 2 is 2.05 bits per heavy atom. The predicted molar refractivity (Wildman–Crippen MR) is 81.4 cm³/mol. The van der Waals surface area contributed by atoms with Crippen LogP contribution in [0.15, 0.2) is 24.4 Å². The van der Waals surface area contributed by atoms with Gasteiger partial charge in [0.15, 0.2) is 5.75 Å². The average Bonchev–Trinajstić information content (AvgIpc) is 2.85. The van der Waals surface area contributed by atoms with Gasteiger partial charge in [-0.3, -0.25) is 4.68 Å². The van der Waals surface area contributed by atoms with Crippen LogP contribution in [0.4, 0.5) is 0 Å². The fraction of sp³-hybridized carbons (Fsp3) is 0.400. The monoisotopic (exact) mass is 293 g/mol. The first-order chi connectivity index (χ1) is 9.47. The van der Waals surface area contributed by atoms with Crippen molar-refractivity contribution in [2.24, 2.45) is 5.73 Å². The topological polar surface area (TPSA) is 53.1 Å². The number of hydrogen-bond donors (Lipinski definition) is 1. The highest BCUT2D eigenvalue weighted by Gasteiger charge is 2.23. The molecule has 5 heteroatoms. The zero-order chi connectivity index (χ0) is 14.9. The summed E-state index contributed by atoms with van der Waals surface area (Å²) in [5.41, 5.74) is 9.15. The van der Waals surface area contributed by atoms with Gasteiger partial charge in [-0.15, -0.1) is 0 Å². The van der Waals surface area contributed by atoms with Gasteiger partial charge >= 0.3 is 0 Å². The molecule has 0 amide bonds. The molecule has 0 aliphatic rings. The molecule has 0 radical (unpaired) electrons. The van der Waals surface area contributed by atoms with Crippen molar-refractivity contribution in [3.8, 4) is 5.75 Å². The Morgan fingerprint density at radius 1 is 1.35 bits per heavy atom. The third-order valence-corrected chi connectivity index (χ3v) is 3.88. The second-order valence-electron chi connectivity index (χ2n) is 5.09. The van der Waals surface area contributed by atoms with Gasteiger partial charge in [-0.05, 0) is 31.9 Å². The molecule has 1 unspecified atom stereocenters. The number of ether oxygens (including phenoxy) is 1. The highest BCUT2D eigenvalue weighted by Crippen LogP contribution is 2.34. The number of aromatic nitrogens is 2. The molecule has 0 aliphatic carbocycles. The summed E-state index contributed by atoms with van der Waals surface area (Å²) in [4.78, 5) is 0. The summed E-state index contributed by atoms with van der Waals surface area (Å²) in [5.74, 6) is 0.684. The van der Waals surface area contributed by atoms with Crippen LogP contribution < -0.4 is 10.5 Å². The molecule has 1 heterocycles. The van der Waals surface area contributed by atoms with Gasteiger partial charge < -0.3 is 10.5 Å². The smallest absolute Gasteiger partial charge is 0.161 e. The standard InChI is InChI=1S/C15H20ClN3O/c1-9(2)19-15(12(20-4)8-18-19)14(17)11-7-5-6-10(3)13(11)16/h5-9,14H,17H2,1-4H3. The van der Waals surface area contributed by atoms with Crippen LogP contribution in [0.1, 0.15) is 42.8 Å². The molecular weight excluding hydrogens is 274 g/mol. The predicted octanol–water partition coefficient (Wildman–Crippen LogP) is 3.48. The first-order valence-electron chi connectivity index (χ1n) is 6.59. The van der Waals surface area contributed by atoms with Crippen molar-refractivity contribution in [3.63, 3.8) is 0 Å². The lowest BCUT2D eigenvalue weighted by molar-refractivity contribution is 0.401. The van der Waals surface area contributed by atoms with Crippen LogP contribution in [0.5, 0.6) is 5.75 Å². The number of nitrogens with zero attached hydrogens (tertiary/aromatic N) is 2. The molecule has 2 rings (SSSR count). The van der Waals surface area contributed by atoms with Crippen LogP contribution >= 0.6 is 11.6 Å². The largest absolute Gasteiger partial charge is 0.493 e. The van der Waals surface area contributed by atoms with Crippen molar-refractivity contribution in [1.82, 2.24) is 9.78 Å². The summed E-state index contributed by atoms with van der Waals surface area (Å²) in [6.45, 7) is 6.08. The van der Waals surface area contributed by atoms with Crippen LogP contribution in [0, 0.1) is 6.92 Å². The van der Waals surface area contributed by atoms with Crippen LogP contribution in [0.2, 0.25) is 5.02 Å². The maximum Gasteiger partial charge on any atom is 0.161 e. The molecule has 1 aromatic carbocycles. The quantitative estimate of drug-likeness (QED) is 0.939. The van der Waals surface area contributed by atoms with Gasteiger partial charge in [0.1, 0.15) is 5.69 Å². The number of rotatable bonds is 4. The third-order valence-electron chi connectivity index (χ3n) is 3.36. The summed E-state index contributed by atoms with van der Waals surface area (Å²) in [5, 5.41) is 5.05. The molecule has 0 bridgehead atoms. The van der Waals surface area contributed by atoms with Gasteiger partial charge in [0, 0.05) is 11.1 Å². The molecule has 1 atom stereocenters. The summed E-state index contributed by atoms with van der Waals surface area (Å²) in [6.07, 6.45) is 1.69. The molecule has 108 valence electrons. The second-order valence-corrected chi connectivity index (χ2v) is 5.47. The lowest BCUT2D eigenvalue weighted by atomic mass is 10.0. The van der Waals surface area contributed by atoms with E-state index in [0.717, 1.165) is 16.8 Å². The van der Waals surface area contributed by atoms with E-state index in [4.69, 9.17) is 22.1 Å². The first-order valence-corrected chi connectivity index (χ1v) is 6.97. The Labute approximate surface area is 124 Å². The summed E-state index contributed by atoms with van der Waals surface area (Å²) in [6, 6.07) is 5.69. The van der Waals surface area contributed by atoms with Crippen molar-refractivity contribution in [1.29, 1.82) is 0 Å². The normalized spacial score (nSPS) is 12.8. The summed E-state index contributed by atoms with van der Waals surface area (Å²) < 4.78 is 7.26. The van der Waals surface area contributed by atoms with Gasteiger partial charge in [0.2, 0.25) is 0 Å². The van der Waals surface area contributed by atoms with E-state index >= 15 is 0 Å². The first kappa shape index (κ1) is 14.9. The van der Waals surface area contributed by atoms with Gasteiger partial charge in [-0.1, -0.05) is 29.8 Å². The van der Waals surface area contributed by atoms with Gasteiger partial charge in [0.25, 0.3) is 0 Å². The van der Waals surface area contributed by atoms with Crippen molar-refractivity contribution < 1.29 is 4.74 Å². The Hall–Kier alpha value is -1.52. The minimum Gasteiger partial charge on any atom is -0.493 e. The van der Waals surface area contributed by atoms with Gasteiger partial charge in [0.05, 0.1) is 19.3 Å². The second kappa shape index (κ2) is 5.85. The third kappa shape index (κ3) is 2.53. The minimum atomic E-state index is -0.373. The van der Waals surface area contributed by atoms with Crippen LogP contribution in [-0.4, -0.2) is 16.9 Å². The van der Waals surface area contributed by atoms with Crippen molar-refractivity contribution in [2.45, 2.75) is 32.9 Å². The molecule has 0 aliphatic heterocycles. The van der Waals surface area contributed by atoms with E-state index in [-0.39, 0.29) is 12.1 Å². The Balaban J connectivity index is 2.55. The fourth-order valence-electron chi connectivity index (χ4n) is 2.28. The Morgan fingerprint density at radius 3 is 2.65 bits per heavy atom. The number of halogens is 1. The molecule has 0 saturated heterocycles. The van der Waals surface area contributed by atoms with E-state index < -0.39 is 0 Å².